The maximum atomic E-state index is 12.2. The summed E-state index contributed by atoms with van der Waals surface area (Å²) in [5, 5.41) is 8.58. The van der Waals surface area contributed by atoms with E-state index in [4.69, 9.17) is 0 Å². The van der Waals surface area contributed by atoms with E-state index < -0.39 is 10.0 Å². The molecule has 0 radical (unpaired) electrons. The highest BCUT2D eigenvalue weighted by Crippen LogP contribution is 2.27. The molecule has 118 valence electrons. The van der Waals surface area contributed by atoms with Crippen LogP contribution in [0, 0.1) is 0 Å². The molecule has 2 aromatic carbocycles. The third-order valence-electron chi connectivity index (χ3n) is 3.04. The summed E-state index contributed by atoms with van der Waals surface area (Å²) >= 11 is 1.46. The molecule has 0 bridgehead atoms. The normalized spacial score (nSPS) is 11.3. The van der Waals surface area contributed by atoms with Gasteiger partial charge in [-0.05, 0) is 48.2 Å². The number of nitrogens with one attached hydrogen (secondary N) is 1. The van der Waals surface area contributed by atoms with Crippen LogP contribution in [0.2, 0.25) is 0 Å². The van der Waals surface area contributed by atoms with Crippen molar-refractivity contribution in [3.05, 3.63) is 60.9 Å². The Bertz CT molecular complexity index is 891. The Morgan fingerprint density at radius 2 is 1.74 bits per heavy atom. The zero-order chi connectivity index (χ0) is 16.3. The van der Waals surface area contributed by atoms with Gasteiger partial charge >= 0.3 is 0 Å². The lowest BCUT2D eigenvalue weighted by Crippen LogP contribution is -2.12. The highest BCUT2D eigenvalue weighted by Gasteiger charge is 2.13. The zero-order valence-electron chi connectivity index (χ0n) is 12.2. The summed E-state index contributed by atoms with van der Waals surface area (Å²) in [7, 11) is -1.70. The summed E-state index contributed by atoms with van der Waals surface area (Å²) in [4.78, 5) is 1.18. The average molecular weight is 346 g/mol. The lowest BCUT2D eigenvalue weighted by atomic mass is 10.3. The molecule has 0 saturated heterocycles. The van der Waals surface area contributed by atoms with Crippen LogP contribution in [-0.2, 0) is 17.1 Å². The second-order valence-electron chi connectivity index (χ2n) is 4.77. The molecular weight excluding hydrogens is 332 g/mol. The summed E-state index contributed by atoms with van der Waals surface area (Å²) in [5.41, 5.74) is 0.510. The van der Waals surface area contributed by atoms with Crippen LogP contribution in [0.5, 0.6) is 0 Å². The van der Waals surface area contributed by atoms with Gasteiger partial charge in [-0.25, -0.2) is 8.42 Å². The van der Waals surface area contributed by atoms with Crippen LogP contribution >= 0.6 is 11.8 Å². The van der Waals surface area contributed by atoms with E-state index in [2.05, 4.69) is 14.9 Å². The van der Waals surface area contributed by atoms with Crippen molar-refractivity contribution in [2.75, 3.05) is 4.72 Å². The van der Waals surface area contributed by atoms with Gasteiger partial charge in [-0.3, -0.25) is 4.72 Å². The number of aryl methyl sites for hydroxylation is 1. The largest absolute Gasteiger partial charge is 0.311 e. The molecule has 1 N–H and O–H groups in total. The smallest absolute Gasteiger partial charge is 0.261 e. The van der Waals surface area contributed by atoms with E-state index in [1.165, 1.54) is 11.8 Å². The molecule has 3 aromatic rings. The molecule has 0 aliphatic carbocycles. The lowest BCUT2D eigenvalue weighted by Gasteiger charge is -2.08. The summed E-state index contributed by atoms with van der Waals surface area (Å²) in [6.45, 7) is 0. The number of sulfonamides is 1. The predicted molar refractivity (Wildman–Crippen MR) is 88.8 cm³/mol. The van der Waals surface area contributed by atoms with Crippen LogP contribution in [0.4, 0.5) is 5.69 Å². The quantitative estimate of drug-likeness (QED) is 0.769. The van der Waals surface area contributed by atoms with E-state index in [1.807, 2.05) is 23.7 Å². The Morgan fingerprint density at radius 3 is 2.35 bits per heavy atom. The fraction of sp³-hybridized carbons (Fsp3) is 0.0667. The van der Waals surface area contributed by atoms with Crippen LogP contribution in [-0.4, -0.2) is 23.2 Å². The molecule has 0 saturated carbocycles. The Labute approximate surface area is 138 Å². The first-order valence-corrected chi connectivity index (χ1v) is 9.04. The number of anilines is 1. The van der Waals surface area contributed by atoms with Gasteiger partial charge in [-0.15, -0.1) is 10.2 Å². The van der Waals surface area contributed by atoms with Crippen LogP contribution in [0.15, 0.2) is 75.9 Å². The minimum atomic E-state index is -3.57. The third-order valence-corrected chi connectivity index (χ3v) is 5.50. The Balaban J connectivity index is 1.74. The molecule has 0 aliphatic heterocycles. The van der Waals surface area contributed by atoms with Crippen molar-refractivity contribution < 1.29 is 8.42 Å². The second-order valence-corrected chi connectivity index (χ2v) is 7.49. The van der Waals surface area contributed by atoms with Gasteiger partial charge < -0.3 is 4.57 Å². The van der Waals surface area contributed by atoms with Gasteiger partial charge in [0.15, 0.2) is 5.16 Å². The number of hydrogen-bond donors (Lipinski definition) is 1. The summed E-state index contributed by atoms with van der Waals surface area (Å²) < 4.78 is 28.9. The first-order valence-electron chi connectivity index (χ1n) is 6.74. The van der Waals surface area contributed by atoms with Gasteiger partial charge in [0.2, 0.25) is 0 Å². The maximum absolute atomic E-state index is 12.2. The zero-order valence-corrected chi connectivity index (χ0v) is 13.9. The summed E-state index contributed by atoms with van der Waals surface area (Å²) in [6, 6.07) is 15.4. The van der Waals surface area contributed by atoms with Crippen molar-refractivity contribution >= 4 is 27.5 Å². The maximum Gasteiger partial charge on any atom is 0.261 e. The van der Waals surface area contributed by atoms with Gasteiger partial charge in [0.25, 0.3) is 10.0 Å². The van der Waals surface area contributed by atoms with E-state index in [0.29, 0.717) is 5.69 Å². The van der Waals surface area contributed by atoms with E-state index in [1.54, 1.807) is 48.8 Å². The molecule has 1 aromatic heterocycles. The first kappa shape index (κ1) is 15.6. The van der Waals surface area contributed by atoms with Gasteiger partial charge in [0, 0.05) is 17.6 Å². The van der Waals surface area contributed by atoms with Crippen molar-refractivity contribution in [2.24, 2.45) is 7.05 Å². The van der Waals surface area contributed by atoms with E-state index in [0.717, 1.165) is 10.1 Å². The van der Waals surface area contributed by atoms with Crippen LogP contribution in [0.1, 0.15) is 0 Å². The van der Waals surface area contributed by atoms with Crippen LogP contribution < -0.4 is 4.72 Å². The van der Waals surface area contributed by atoms with E-state index in [9.17, 15) is 8.42 Å². The molecule has 0 aliphatic rings. The average Bonchev–Trinajstić information content (AvgIpc) is 2.95. The van der Waals surface area contributed by atoms with Crippen LogP contribution in [0.25, 0.3) is 0 Å². The number of hydrogen-bond acceptors (Lipinski definition) is 5. The molecule has 0 amide bonds. The highest BCUT2D eigenvalue weighted by atomic mass is 32.2. The summed E-state index contributed by atoms with van der Waals surface area (Å²) in [6.07, 6.45) is 1.63. The molecule has 0 atom stereocenters. The molecule has 6 nitrogen and oxygen atoms in total. The van der Waals surface area contributed by atoms with Crippen molar-refractivity contribution in [3.8, 4) is 0 Å². The number of nitrogens with zero attached hydrogens (tertiary/aromatic N) is 3. The Morgan fingerprint density at radius 1 is 1.04 bits per heavy atom. The molecule has 0 unspecified atom stereocenters. The first-order chi connectivity index (χ1) is 11.0. The Kier molecular flexibility index (Phi) is 4.35. The highest BCUT2D eigenvalue weighted by molar-refractivity contribution is 7.99. The lowest BCUT2D eigenvalue weighted by molar-refractivity contribution is 0.601. The number of rotatable bonds is 5. The van der Waals surface area contributed by atoms with Crippen molar-refractivity contribution in [1.29, 1.82) is 0 Å². The SMILES string of the molecule is Cn1cnnc1Sc1ccc(NS(=O)(=O)c2ccccc2)cc1. The monoisotopic (exact) mass is 346 g/mol. The third kappa shape index (κ3) is 3.72. The molecule has 23 heavy (non-hydrogen) atoms. The number of benzene rings is 2. The van der Waals surface area contributed by atoms with Crippen molar-refractivity contribution in [2.45, 2.75) is 14.9 Å². The van der Waals surface area contributed by atoms with Crippen molar-refractivity contribution in [1.82, 2.24) is 14.8 Å². The summed E-state index contributed by atoms with van der Waals surface area (Å²) in [5.74, 6) is 0. The Hall–Kier alpha value is -2.32. The fourth-order valence-electron chi connectivity index (χ4n) is 1.88. The number of aromatic nitrogens is 3. The molecule has 8 heteroatoms. The van der Waals surface area contributed by atoms with Gasteiger partial charge in [0.1, 0.15) is 6.33 Å². The molecule has 0 spiro atoms. The fourth-order valence-corrected chi connectivity index (χ4v) is 3.72. The van der Waals surface area contributed by atoms with Gasteiger partial charge in [-0.1, -0.05) is 18.2 Å². The van der Waals surface area contributed by atoms with Gasteiger partial charge in [0.05, 0.1) is 4.90 Å². The van der Waals surface area contributed by atoms with Crippen LogP contribution in [0.3, 0.4) is 0 Å². The van der Waals surface area contributed by atoms with Crippen molar-refractivity contribution in [3.63, 3.8) is 0 Å². The second kappa shape index (κ2) is 6.43. The van der Waals surface area contributed by atoms with E-state index in [-0.39, 0.29) is 4.90 Å². The topological polar surface area (TPSA) is 76.9 Å². The van der Waals surface area contributed by atoms with E-state index >= 15 is 0 Å². The molecule has 3 rings (SSSR count). The van der Waals surface area contributed by atoms with Gasteiger partial charge in [-0.2, -0.15) is 0 Å². The molecule has 0 fully saturated rings. The molecule has 1 heterocycles. The minimum Gasteiger partial charge on any atom is -0.311 e. The predicted octanol–water partition coefficient (Wildman–Crippen LogP) is 2.77. The minimum absolute atomic E-state index is 0.234. The molecular formula is C15H14N4O2S2. The standard InChI is InChI=1S/C15H14N4O2S2/c1-19-11-16-17-15(19)22-13-9-7-12(8-10-13)18-23(20,21)14-5-3-2-4-6-14/h2-11,18H,1H3.